The molecule has 1 N–H and O–H groups in total. The van der Waals surface area contributed by atoms with Gasteiger partial charge in [-0.2, -0.15) is 0 Å². The predicted molar refractivity (Wildman–Crippen MR) is 62.5 cm³/mol. The van der Waals surface area contributed by atoms with E-state index in [1.165, 1.54) is 25.8 Å². The van der Waals surface area contributed by atoms with E-state index in [1.54, 1.807) is 0 Å². The lowest BCUT2D eigenvalue weighted by Gasteiger charge is -2.48. The molecule has 0 aromatic carbocycles. The van der Waals surface area contributed by atoms with E-state index in [4.69, 9.17) is 0 Å². The minimum atomic E-state index is -0.719. The minimum Gasteiger partial charge on any atom is -0.480 e. The van der Waals surface area contributed by atoms with Gasteiger partial charge in [-0.05, 0) is 33.2 Å². The van der Waals surface area contributed by atoms with Crippen molar-refractivity contribution in [1.82, 2.24) is 9.80 Å². The van der Waals surface area contributed by atoms with Crippen LogP contribution in [0.1, 0.15) is 33.1 Å². The first-order valence-electron chi connectivity index (χ1n) is 6.24. The molecule has 0 aliphatic carbocycles. The number of carboxylic acid groups (broad SMARTS) is 1. The first kappa shape index (κ1) is 11.9. The Morgan fingerprint density at radius 2 is 2.00 bits per heavy atom. The topological polar surface area (TPSA) is 43.8 Å². The number of fused-ring (bicyclic) bond motifs is 1. The average molecular weight is 226 g/mol. The van der Waals surface area contributed by atoms with Crippen molar-refractivity contribution >= 4 is 5.97 Å². The third-order valence-corrected chi connectivity index (χ3v) is 4.15. The normalized spacial score (nSPS) is 28.8. The number of piperazine rings is 1. The molecule has 2 saturated heterocycles. The van der Waals surface area contributed by atoms with Crippen LogP contribution in [0.5, 0.6) is 0 Å². The van der Waals surface area contributed by atoms with E-state index < -0.39 is 11.5 Å². The van der Waals surface area contributed by atoms with Crippen molar-refractivity contribution in [2.75, 3.05) is 26.2 Å². The summed E-state index contributed by atoms with van der Waals surface area (Å²) in [7, 11) is 0. The van der Waals surface area contributed by atoms with E-state index in [0.29, 0.717) is 6.04 Å². The standard InChI is InChI=1S/C12H22N2O2/c1-12(2,11(15)16)14-8-7-13-6-4-3-5-10(13)9-14/h10H,3-9H2,1-2H3,(H,15,16). The molecule has 2 aliphatic heterocycles. The van der Waals surface area contributed by atoms with Gasteiger partial charge in [-0.15, -0.1) is 0 Å². The van der Waals surface area contributed by atoms with Crippen molar-refractivity contribution in [3.05, 3.63) is 0 Å². The van der Waals surface area contributed by atoms with Gasteiger partial charge in [0.2, 0.25) is 0 Å². The smallest absolute Gasteiger partial charge is 0.323 e. The van der Waals surface area contributed by atoms with Gasteiger partial charge < -0.3 is 5.11 Å². The first-order valence-corrected chi connectivity index (χ1v) is 6.24. The Hall–Kier alpha value is -0.610. The second-order valence-electron chi connectivity index (χ2n) is 5.50. The summed E-state index contributed by atoms with van der Waals surface area (Å²) in [5.41, 5.74) is -0.719. The Morgan fingerprint density at radius 1 is 1.25 bits per heavy atom. The van der Waals surface area contributed by atoms with Crippen LogP contribution >= 0.6 is 0 Å². The highest BCUT2D eigenvalue weighted by Crippen LogP contribution is 2.25. The fourth-order valence-electron chi connectivity index (χ4n) is 2.80. The van der Waals surface area contributed by atoms with Gasteiger partial charge in [-0.25, -0.2) is 0 Å². The fourth-order valence-corrected chi connectivity index (χ4v) is 2.80. The SMILES string of the molecule is CC(C)(C(=O)O)N1CCN2CCCCC2C1. The molecule has 0 bridgehead atoms. The summed E-state index contributed by atoms with van der Waals surface area (Å²) in [5.74, 6) is -0.711. The maximum absolute atomic E-state index is 11.2. The molecule has 4 nitrogen and oxygen atoms in total. The van der Waals surface area contributed by atoms with Crippen molar-refractivity contribution in [1.29, 1.82) is 0 Å². The van der Waals surface area contributed by atoms with Crippen LogP contribution < -0.4 is 0 Å². The number of piperidine rings is 1. The van der Waals surface area contributed by atoms with Gasteiger partial charge in [0.1, 0.15) is 5.54 Å². The fraction of sp³-hybridized carbons (Fsp3) is 0.917. The molecule has 2 fully saturated rings. The van der Waals surface area contributed by atoms with Gasteiger partial charge in [0, 0.05) is 25.7 Å². The highest BCUT2D eigenvalue weighted by molar-refractivity contribution is 5.77. The van der Waals surface area contributed by atoms with Gasteiger partial charge in [0.25, 0.3) is 0 Å². The van der Waals surface area contributed by atoms with E-state index >= 15 is 0 Å². The van der Waals surface area contributed by atoms with Crippen LogP contribution in [0.2, 0.25) is 0 Å². The zero-order chi connectivity index (χ0) is 11.8. The number of hydrogen-bond acceptors (Lipinski definition) is 3. The van der Waals surface area contributed by atoms with Crippen molar-refractivity contribution in [3.63, 3.8) is 0 Å². The van der Waals surface area contributed by atoms with Crippen LogP contribution in [0.3, 0.4) is 0 Å². The zero-order valence-corrected chi connectivity index (χ0v) is 10.3. The van der Waals surface area contributed by atoms with Crippen LogP contribution in [-0.2, 0) is 4.79 Å². The molecule has 0 radical (unpaired) electrons. The molecular formula is C12H22N2O2. The molecule has 1 atom stereocenters. The summed E-state index contributed by atoms with van der Waals surface area (Å²) in [6.07, 6.45) is 3.83. The lowest BCUT2D eigenvalue weighted by atomic mass is 9.95. The highest BCUT2D eigenvalue weighted by atomic mass is 16.4. The third kappa shape index (κ3) is 2.09. The van der Waals surface area contributed by atoms with Crippen molar-refractivity contribution in [3.8, 4) is 0 Å². The Balaban J connectivity index is 2.02. The third-order valence-electron chi connectivity index (χ3n) is 4.15. The number of hydrogen-bond donors (Lipinski definition) is 1. The number of aliphatic carboxylic acids is 1. The summed E-state index contributed by atoms with van der Waals surface area (Å²) in [5, 5.41) is 9.23. The van der Waals surface area contributed by atoms with Crippen LogP contribution in [0.25, 0.3) is 0 Å². The van der Waals surface area contributed by atoms with Crippen LogP contribution in [-0.4, -0.2) is 58.6 Å². The average Bonchev–Trinajstić information content (AvgIpc) is 2.28. The second kappa shape index (κ2) is 4.34. The molecule has 92 valence electrons. The molecule has 16 heavy (non-hydrogen) atoms. The Kier molecular flexibility index (Phi) is 3.22. The van der Waals surface area contributed by atoms with Gasteiger partial charge in [0.05, 0.1) is 0 Å². The Labute approximate surface area is 97.2 Å². The summed E-state index contributed by atoms with van der Waals surface area (Å²) >= 11 is 0. The van der Waals surface area contributed by atoms with Gasteiger partial charge in [-0.1, -0.05) is 6.42 Å². The van der Waals surface area contributed by atoms with Crippen LogP contribution in [0.4, 0.5) is 0 Å². The quantitative estimate of drug-likeness (QED) is 0.763. The molecule has 1 unspecified atom stereocenters. The van der Waals surface area contributed by atoms with Crippen molar-refractivity contribution < 1.29 is 9.90 Å². The molecule has 0 amide bonds. The maximum atomic E-state index is 11.2. The maximum Gasteiger partial charge on any atom is 0.323 e. The van der Waals surface area contributed by atoms with Crippen molar-refractivity contribution in [2.45, 2.75) is 44.7 Å². The van der Waals surface area contributed by atoms with Gasteiger partial charge in [-0.3, -0.25) is 14.6 Å². The molecular weight excluding hydrogens is 204 g/mol. The van der Waals surface area contributed by atoms with Crippen molar-refractivity contribution in [2.24, 2.45) is 0 Å². The summed E-state index contributed by atoms with van der Waals surface area (Å²) in [6.45, 7) is 7.66. The van der Waals surface area contributed by atoms with Crippen LogP contribution in [0, 0.1) is 0 Å². The van der Waals surface area contributed by atoms with E-state index in [2.05, 4.69) is 9.80 Å². The number of carboxylic acids is 1. The lowest BCUT2D eigenvalue weighted by Crippen LogP contribution is -2.62. The molecule has 2 rings (SSSR count). The monoisotopic (exact) mass is 226 g/mol. The van der Waals surface area contributed by atoms with Crippen LogP contribution in [0.15, 0.2) is 0 Å². The molecule has 0 aromatic heterocycles. The molecule has 4 heteroatoms. The predicted octanol–water partition coefficient (Wildman–Crippen LogP) is 1.02. The summed E-state index contributed by atoms with van der Waals surface area (Å²) in [4.78, 5) is 15.9. The number of nitrogens with zero attached hydrogens (tertiary/aromatic N) is 2. The highest BCUT2D eigenvalue weighted by Gasteiger charge is 2.39. The summed E-state index contributed by atoms with van der Waals surface area (Å²) < 4.78 is 0. The van der Waals surface area contributed by atoms with E-state index in [9.17, 15) is 9.90 Å². The zero-order valence-electron chi connectivity index (χ0n) is 10.3. The van der Waals surface area contributed by atoms with E-state index in [0.717, 1.165) is 19.6 Å². The largest absolute Gasteiger partial charge is 0.480 e. The van der Waals surface area contributed by atoms with E-state index in [1.807, 2.05) is 13.8 Å². The number of rotatable bonds is 2. The Morgan fingerprint density at radius 3 is 2.69 bits per heavy atom. The first-order chi connectivity index (χ1) is 7.51. The molecule has 0 spiro atoms. The second-order valence-corrected chi connectivity index (χ2v) is 5.50. The molecule has 0 aromatic rings. The van der Waals surface area contributed by atoms with Gasteiger partial charge >= 0.3 is 5.97 Å². The summed E-state index contributed by atoms with van der Waals surface area (Å²) in [6, 6.07) is 0.584. The minimum absolute atomic E-state index is 0.584. The molecule has 0 saturated carbocycles. The number of carbonyl (C=O) groups is 1. The molecule has 2 aliphatic rings. The Bertz CT molecular complexity index is 278. The van der Waals surface area contributed by atoms with Gasteiger partial charge in [0.15, 0.2) is 0 Å². The molecule has 2 heterocycles. The van der Waals surface area contributed by atoms with E-state index in [-0.39, 0.29) is 0 Å². The lowest BCUT2D eigenvalue weighted by molar-refractivity contribution is -0.151.